The van der Waals surface area contributed by atoms with Crippen LogP contribution < -0.4 is 10.1 Å². The van der Waals surface area contributed by atoms with Crippen molar-refractivity contribution in [1.29, 1.82) is 0 Å². The summed E-state index contributed by atoms with van der Waals surface area (Å²) in [7, 11) is 1.72. The molecule has 84 valence electrons. The van der Waals surface area contributed by atoms with Gasteiger partial charge in [0, 0.05) is 10.8 Å². The van der Waals surface area contributed by atoms with Crippen LogP contribution in [0.25, 0.3) is 0 Å². The highest BCUT2D eigenvalue weighted by Crippen LogP contribution is 2.28. The molecule has 1 aromatic rings. The predicted octanol–water partition coefficient (Wildman–Crippen LogP) is 2.97. The number of thioether (sulfide) groups is 1. The van der Waals surface area contributed by atoms with E-state index in [9.17, 15) is 0 Å². The van der Waals surface area contributed by atoms with Crippen LogP contribution in [0.1, 0.15) is 18.1 Å². The number of hydrogen-bond donors (Lipinski definition) is 1. The Hall–Kier alpha value is -0.670. The minimum absolute atomic E-state index is 0.961. The van der Waals surface area contributed by atoms with Gasteiger partial charge in [-0.05, 0) is 43.7 Å². The summed E-state index contributed by atoms with van der Waals surface area (Å²) in [6.45, 7) is 7.33. The van der Waals surface area contributed by atoms with Gasteiger partial charge >= 0.3 is 0 Å². The molecule has 0 amide bonds. The Bertz CT molecular complexity index is 326. The van der Waals surface area contributed by atoms with Crippen molar-refractivity contribution in [3.05, 3.63) is 23.3 Å². The Morgan fingerprint density at radius 3 is 2.60 bits per heavy atom. The quantitative estimate of drug-likeness (QED) is 0.473. The first-order valence-electron chi connectivity index (χ1n) is 5.17. The average molecular weight is 225 g/mol. The molecule has 15 heavy (non-hydrogen) atoms. The first-order valence-corrected chi connectivity index (χ1v) is 6.16. The number of rotatable bonds is 5. The minimum Gasteiger partial charge on any atom is -0.496 e. The first kappa shape index (κ1) is 12.4. The molecule has 1 rings (SSSR count). The normalized spacial score (nSPS) is 10.4. The van der Waals surface area contributed by atoms with Crippen molar-refractivity contribution in [2.45, 2.75) is 25.7 Å². The predicted molar refractivity (Wildman–Crippen MR) is 66.9 cm³/mol. The molecule has 0 saturated heterocycles. The molecule has 2 nitrogen and oxygen atoms in total. The fraction of sp³-hybridized carbons (Fsp3) is 0.500. The molecule has 0 atom stereocenters. The molecular weight excluding hydrogens is 206 g/mol. The lowest BCUT2D eigenvalue weighted by Gasteiger charge is -2.10. The van der Waals surface area contributed by atoms with E-state index >= 15 is 0 Å². The lowest BCUT2D eigenvalue weighted by atomic mass is 10.1. The van der Waals surface area contributed by atoms with Crippen LogP contribution in [-0.4, -0.2) is 19.5 Å². The lowest BCUT2D eigenvalue weighted by Crippen LogP contribution is -2.10. The van der Waals surface area contributed by atoms with Crippen LogP contribution in [0, 0.1) is 13.8 Å². The number of aryl methyl sites for hydroxylation is 2. The molecule has 0 saturated carbocycles. The highest BCUT2D eigenvalue weighted by atomic mass is 32.2. The number of ether oxygens (including phenoxy) is 1. The van der Waals surface area contributed by atoms with E-state index in [4.69, 9.17) is 4.74 Å². The standard InChI is InChI=1S/C12H19NOS/c1-5-13-8-15-12-7-9(2)11(14-4)6-10(12)3/h6-7,13H,5,8H2,1-4H3. The molecule has 0 aliphatic heterocycles. The van der Waals surface area contributed by atoms with E-state index in [1.54, 1.807) is 7.11 Å². The maximum Gasteiger partial charge on any atom is 0.122 e. The van der Waals surface area contributed by atoms with Crippen LogP contribution in [0.15, 0.2) is 17.0 Å². The van der Waals surface area contributed by atoms with Crippen LogP contribution in [0.3, 0.4) is 0 Å². The topological polar surface area (TPSA) is 21.3 Å². The fourth-order valence-corrected chi connectivity index (χ4v) is 2.38. The van der Waals surface area contributed by atoms with Crippen LogP contribution in [-0.2, 0) is 0 Å². The summed E-state index contributed by atoms with van der Waals surface area (Å²) in [6, 6.07) is 4.29. The van der Waals surface area contributed by atoms with E-state index < -0.39 is 0 Å². The highest BCUT2D eigenvalue weighted by Gasteiger charge is 2.04. The second-order valence-corrected chi connectivity index (χ2v) is 4.50. The first-order chi connectivity index (χ1) is 7.19. The number of methoxy groups -OCH3 is 1. The van der Waals surface area contributed by atoms with Crippen LogP contribution in [0.2, 0.25) is 0 Å². The fourth-order valence-electron chi connectivity index (χ4n) is 1.37. The van der Waals surface area contributed by atoms with Gasteiger partial charge in [0.05, 0.1) is 7.11 Å². The largest absolute Gasteiger partial charge is 0.496 e. The summed E-state index contributed by atoms with van der Waals surface area (Å²) in [5.41, 5.74) is 2.47. The molecular formula is C12H19NOS. The maximum atomic E-state index is 5.28. The SMILES string of the molecule is CCNCSc1cc(C)c(OC)cc1C. The number of benzene rings is 1. The van der Waals surface area contributed by atoms with Gasteiger partial charge in [-0.15, -0.1) is 11.8 Å². The molecule has 1 aromatic carbocycles. The van der Waals surface area contributed by atoms with Crippen molar-refractivity contribution in [1.82, 2.24) is 5.32 Å². The third-order valence-corrected chi connectivity index (χ3v) is 3.37. The number of nitrogens with one attached hydrogen (secondary N) is 1. The molecule has 0 aromatic heterocycles. The summed E-state index contributed by atoms with van der Waals surface area (Å²) >= 11 is 1.84. The van der Waals surface area contributed by atoms with Gasteiger partial charge in [-0.25, -0.2) is 0 Å². The smallest absolute Gasteiger partial charge is 0.122 e. The van der Waals surface area contributed by atoms with E-state index in [2.05, 4.69) is 38.2 Å². The van der Waals surface area contributed by atoms with Crippen LogP contribution >= 0.6 is 11.8 Å². The molecule has 0 unspecified atom stereocenters. The van der Waals surface area contributed by atoms with E-state index in [0.29, 0.717) is 0 Å². The second kappa shape index (κ2) is 6.03. The molecule has 3 heteroatoms. The monoisotopic (exact) mass is 225 g/mol. The molecule has 0 radical (unpaired) electrons. The van der Waals surface area contributed by atoms with Crippen molar-refractivity contribution < 1.29 is 4.74 Å². The van der Waals surface area contributed by atoms with Crippen molar-refractivity contribution in [3.63, 3.8) is 0 Å². The second-order valence-electron chi connectivity index (χ2n) is 3.48. The van der Waals surface area contributed by atoms with Gasteiger partial charge in [-0.2, -0.15) is 0 Å². The lowest BCUT2D eigenvalue weighted by molar-refractivity contribution is 0.411. The Balaban J connectivity index is 2.76. The van der Waals surface area contributed by atoms with E-state index in [1.807, 2.05) is 11.8 Å². The van der Waals surface area contributed by atoms with E-state index in [-0.39, 0.29) is 0 Å². The van der Waals surface area contributed by atoms with Crippen molar-refractivity contribution in [3.8, 4) is 5.75 Å². The zero-order chi connectivity index (χ0) is 11.3. The van der Waals surface area contributed by atoms with Gasteiger partial charge in [-0.3, -0.25) is 0 Å². The van der Waals surface area contributed by atoms with E-state index in [0.717, 1.165) is 18.2 Å². The molecule has 0 heterocycles. The zero-order valence-electron chi connectivity index (χ0n) is 9.89. The molecule has 0 bridgehead atoms. The van der Waals surface area contributed by atoms with Crippen LogP contribution in [0.5, 0.6) is 5.75 Å². The van der Waals surface area contributed by atoms with Crippen LogP contribution in [0.4, 0.5) is 0 Å². The minimum atomic E-state index is 0.961. The molecule has 0 fully saturated rings. The maximum absolute atomic E-state index is 5.28. The summed E-state index contributed by atoms with van der Waals surface area (Å²) in [6.07, 6.45) is 0. The summed E-state index contributed by atoms with van der Waals surface area (Å²) in [4.78, 5) is 1.33. The van der Waals surface area contributed by atoms with Crippen molar-refractivity contribution in [2.24, 2.45) is 0 Å². The van der Waals surface area contributed by atoms with Gasteiger partial charge in [0.25, 0.3) is 0 Å². The Labute approximate surface area is 96.4 Å². The van der Waals surface area contributed by atoms with Gasteiger partial charge in [0.1, 0.15) is 5.75 Å². The summed E-state index contributed by atoms with van der Waals surface area (Å²) in [5.74, 6) is 1.93. The third-order valence-electron chi connectivity index (χ3n) is 2.27. The van der Waals surface area contributed by atoms with E-state index in [1.165, 1.54) is 16.0 Å². The summed E-state index contributed by atoms with van der Waals surface area (Å²) in [5, 5.41) is 3.30. The Morgan fingerprint density at radius 1 is 1.27 bits per heavy atom. The Morgan fingerprint density at radius 2 is 2.00 bits per heavy atom. The molecule has 0 spiro atoms. The Kier molecular flexibility index (Phi) is 4.99. The number of hydrogen-bond acceptors (Lipinski definition) is 3. The van der Waals surface area contributed by atoms with Gasteiger partial charge in [-0.1, -0.05) is 6.92 Å². The van der Waals surface area contributed by atoms with Crippen molar-refractivity contribution >= 4 is 11.8 Å². The zero-order valence-corrected chi connectivity index (χ0v) is 10.7. The average Bonchev–Trinajstić information content (AvgIpc) is 2.23. The highest BCUT2D eigenvalue weighted by molar-refractivity contribution is 7.99. The van der Waals surface area contributed by atoms with Crippen molar-refractivity contribution in [2.75, 3.05) is 19.5 Å². The van der Waals surface area contributed by atoms with Gasteiger partial charge in [0.2, 0.25) is 0 Å². The van der Waals surface area contributed by atoms with Gasteiger partial charge in [0.15, 0.2) is 0 Å². The third kappa shape index (κ3) is 3.43. The molecule has 1 N–H and O–H groups in total. The molecule has 0 aliphatic rings. The summed E-state index contributed by atoms with van der Waals surface area (Å²) < 4.78 is 5.28. The molecule has 0 aliphatic carbocycles. The van der Waals surface area contributed by atoms with Gasteiger partial charge < -0.3 is 10.1 Å².